The highest BCUT2D eigenvalue weighted by Crippen LogP contribution is 2.38. The zero-order valence-corrected chi connectivity index (χ0v) is 19.9. The van der Waals surface area contributed by atoms with E-state index >= 15 is 0 Å². The standard InChI is InChI=1S/C26H22N2O6S/c1-3-33-26(29)24-20-6-4-5-7-23(20)35-25(24)27-15-18-10-13-21(22(14-18)32-2)34-16-17-8-11-19(12-9-17)28(30)31/h4-15H,3,16H2,1-2H3. The maximum absolute atomic E-state index is 12.6. The third-order valence-electron chi connectivity index (χ3n) is 5.12. The van der Waals surface area contributed by atoms with Gasteiger partial charge in [0, 0.05) is 28.4 Å². The number of hydrogen-bond donors (Lipinski definition) is 0. The molecule has 0 atom stereocenters. The minimum Gasteiger partial charge on any atom is -0.493 e. The monoisotopic (exact) mass is 490 g/mol. The number of methoxy groups -OCH3 is 1. The van der Waals surface area contributed by atoms with E-state index in [0.29, 0.717) is 22.1 Å². The number of rotatable bonds is 9. The van der Waals surface area contributed by atoms with Crippen molar-refractivity contribution in [2.45, 2.75) is 13.5 Å². The van der Waals surface area contributed by atoms with E-state index in [0.717, 1.165) is 21.2 Å². The van der Waals surface area contributed by atoms with Gasteiger partial charge in [0.25, 0.3) is 5.69 Å². The summed E-state index contributed by atoms with van der Waals surface area (Å²) >= 11 is 1.42. The lowest BCUT2D eigenvalue weighted by molar-refractivity contribution is -0.384. The van der Waals surface area contributed by atoms with Crippen LogP contribution in [0.3, 0.4) is 0 Å². The Hall–Kier alpha value is -4.24. The number of nitro benzene ring substituents is 1. The van der Waals surface area contributed by atoms with Gasteiger partial charge in [-0.2, -0.15) is 0 Å². The molecule has 0 aliphatic carbocycles. The maximum Gasteiger partial charge on any atom is 0.341 e. The molecule has 0 saturated carbocycles. The Labute approximate surface area is 205 Å². The SMILES string of the molecule is CCOC(=O)c1c(N=Cc2ccc(OCc3ccc([N+](=O)[O-])cc3)c(OC)c2)sc2ccccc12. The lowest BCUT2D eigenvalue weighted by atomic mass is 10.1. The van der Waals surface area contributed by atoms with Crippen LogP contribution in [0.4, 0.5) is 10.7 Å². The number of hydrogen-bond acceptors (Lipinski definition) is 8. The number of thiophene rings is 1. The van der Waals surface area contributed by atoms with Gasteiger partial charge in [-0.15, -0.1) is 11.3 Å². The van der Waals surface area contributed by atoms with E-state index in [2.05, 4.69) is 4.99 Å². The van der Waals surface area contributed by atoms with Gasteiger partial charge >= 0.3 is 5.97 Å². The van der Waals surface area contributed by atoms with Gasteiger partial charge in [-0.05, 0) is 54.4 Å². The molecule has 0 bridgehead atoms. The first kappa shape index (κ1) is 23.9. The first-order chi connectivity index (χ1) is 17.0. The summed E-state index contributed by atoms with van der Waals surface area (Å²) in [5, 5.41) is 12.2. The molecule has 4 aromatic rings. The highest BCUT2D eigenvalue weighted by atomic mass is 32.1. The van der Waals surface area contributed by atoms with Crippen LogP contribution in [0, 0.1) is 10.1 Å². The zero-order chi connectivity index (χ0) is 24.8. The molecule has 1 aromatic heterocycles. The van der Waals surface area contributed by atoms with E-state index in [1.807, 2.05) is 30.3 Å². The molecule has 8 nitrogen and oxygen atoms in total. The van der Waals surface area contributed by atoms with Crippen LogP contribution in [0.5, 0.6) is 11.5 Å². The van der Waals surface area contributed by atoms with Crippen LogP contribution in [-0.4, -0.2) is 30.8 Å². The number of ether oxygens (including phenoxy) is 3. The van der Waals surface area contributed by atoms with Gasteiger partial charge in [0.05, 0.1) is 18.6 Å². The molecule has 0 fully saturated rings. The molecule has 1 heterocycles. The summed E-state index contributed by atoms with van der Waals surface area (Å²) in [6, 6.07) is 19.2. The molecule has 0 saturated heterocycles. The van der Waals surface area contributed by atoms with Gasteiger partial charge in [0.1, 0.15) is 17.2 Å². The fourth-order valence-corrected chi connectivity index (χ4v) is 4.45. The zero-order valence-electron chi connectivity index (χ0n) is 19.1. The fourth-order valence-electron chi connectivity index (χ4n) is 3.42. The topological polar surface area (TPSA) is 100 Å². The van der Waals surface area contributed by atoms with Gasteiger partial charge in [-0.25, -0.2) is 9.79 Å². The summed E-state index contributed by atoms with van der Waals surface area (Å²) < 4.78 is 17.5. The molecule has 178 valence electrons. The van der Waals surface area contributed by atoms with E-state index in [4.69, 9.17) is 14.2 Å². The van der Waals surface area contributed by atoms with Crippen molar-refractivity contribution >= 4 is 44.3 Å². The average molecular weight is 491 g/mol. The Kier molecular flexibility index (Phi) is 7.37. The Morgan fingerprint density at radius 2 is 1.86 bits per heavy atom. The lowest BCUT2D eigenvalue weighted by Crippen LogP contribution is -2.03. The first-order valence-electron chi connectivity index (χ1n) is 10.8. The van der Waals surface area contributed by atoms with E-state index in [1.165, 1.54) is 23.5 Å². The minimum absolute atomic E-state index is 0.0275. The van der Waals surface area contributed by atoms with Crippen LogP contribution in [0.2, 0.25) is 0 Å². The molecular formula is C26H22N2O6S. The van der Waals surface area contributed by atoms with Crippen LogP contribution < -0.4 is 9.47 Å². The van der Waals surface area contributed by atoms with Crippen molar-refractivity contribution < 1.29 is 23.9 Å². The van der Waals surface area contributed by atoms with Crippen molar-refractivity contribution in [3.8, 4) is 11.5 Å². The van der Waals surface area contributed by atoms with Crippen molar-refractivity contribution in [3.63, 3.8) is 0 Å². The number of fused-ring (bicyclic) bond motifs is 1. The van der Waals surface area contributed by atoms with E-state index in [1.54, 1.807) is 44.5 Å². The molecule has 0 spiro atoms. The normalized spacial score (nSPS) is 11.0. The van der Waals surface area contributed by atoms with E-state index in [-0.39, 0.29) is 18.9 Å². The molecule has 0 aliphatic heterocycles. The number of carbonyl (C=O) groups is 1. The van der Waals surface area contributed by atoms with Gasteiger partial charge in [0.2, 0.25) is 0 Å². The van der Waals surface area contributed by atoms with E-state index < -0.39 is 10.9 Å². The number of aliphatic imine (C=N–C) groups is 1. The largest absolute Gasteiger partial charge is 0.493 e. The highest BCUT2D eigenvalue weighted by Gasteiger charge is 2.19. The molecule has 0 N–H and O–H groups in total. The second kappa shape index (κ2) is 10.8. The Morgan fingerprint density at radius 1 is 1.09 bits per heavy atom. The molecule has 35 heavy (non-hydrogen) atoms. The summed E-state index contributed by atoms with van der Waals surface area (Å²) in [7, 11) is 1.54. The minimum atomic E-state index is -0.442. The Bertz CT molecular complexity index is 1390. The van der Waals surface area contributed by atoms with Crippen LogP contribution in [-0.2, 0) is 11.3 Å². The Morgan fingerprint density at radius 3 is 2.57 bits per heavy atom. The number of benzene rings is 3. The average Bonchev–Trinajstić information content (AvgIpc) is 3.25. The van der Waals surface area contributed by atoms with Crippen LogP contribution in [0.25, 0.3) is 10.1 Å². The van der Waals surface area contributed by atoms with Crippen LogP contribution in [0.1, 0.15) is 28.4 Å². The number of non-ortho nitro benzene ring substituents is 1. The lowest BCUT2D eigenvalue weighted by Gasteiger charge is -2.11. The van der Waals surface area contributed by atoms with Gasteiger partial charge in [-0.1, -0.05) is 18.2 Å². The number of nitrogens with zero attached hydrogens (tertiary/aromatic N) is 2. The van der Waals surface area contributed by atoms with Crippen LogP contribution in [0.15, 0.2) is 71.7 Å². The molecule has 9 heteroatoms. The smallest absolute Gasteiger partial charge is 0.341 e. The first-order valence-corrected chi connectivity index (χ1v) is 11.6. The second-order valence-corrected chi connectivity index (χ2v) is 8.41. The number of nitro groups is 1. The van der Waals surface area contributed by atoms with Crippen molar-refractivity contribution in [2.75, 3.05) is 13.7 Å². The predicted octanol–water partition coefficient (Wildman–Crippen LogP) is 6.32. The van der Waals surface area contributed by atoms with Gasteiger partial charge in [0.15, 0.2) is 11.5 Å². The summed E-state index contributed by atoms with van der Waals surface area (Å²) in [5.41, 5.74) is 2.04. The fraction of sp³-hybridized carbons (Fsp3) is 0.154. The summed E-state index contributed by atoms with van der Waals surface area (Å²) in [6.07, 6.45) is 1.66. The maximum atomic E-state index is 12.6. The quantitative estimate of drug-likeness (QED) is 0.118. The van der Waals surface area contributed by atoms with Crippen molar-refractivity contribution in [2.24, 2.45) is 4.99 Å². The van der Waals surface area contributed by atoms with E-state index in [9.17, 15) is 14.9 Å². The number of carbonyl (C=O) groups excluding carboxylic acids is 1. The van der Waals surface area contributed by atoms with Gasteiger partial charge < -0.3 is 14.2 Å². The van der Waals surface area contributed by atoms with Crippen molar-refractivity contribution in [1.29, 1.82) is 0 Å². The Balaban J connectivity index is 1.54. The summed E-state index contributed by atoms with van der Waals surface area (Å²) in [6.45, 7) is 2.28. The summed E-state index contributed by atoms with van der Waals surface area (Å²) in [4.78, 5) is 27.5. The third kappa shape index (κ3) is 5.47. The van der Waals surface area contributed by atoms with Crippen molar-refractivity contribution in [1.82, 2.24) is 0 Å². The van der Waals surface area contributed by atoms with Crippen molar-refractivity contribution in [3.05, 3.63) is 93.5 Å². The second-order valence-electron chi connectivity index (χ2n) is 7.38. The number of esters is 1. The predicted molar refractivity (Wildman–Crippen MR) is 135 cm³/mol. The molecular weight excluding hydrogens is 468 g/mol. The third-order valence-corrected chi connectivity index (χ3v) is 6.20. The summed E-state index contributed by atoms with van der Waals surface area (Å²) in [5.74, 6) is 0.638. The molecule has 0 aliphatic rings. The van der Waals surface area contributed by atoms with Gasteiger partial charge in [-0.3, -0.25) is 10.1 Å². The highest BCUT2D eigenvalue weighted by molar-refractivity contribution is 7.23. The molecule has 0 unspecified atom stereocenters. The molecule has 4 rings (SSSR count). The van der Waals surface area contributed by atoms with Crippen LogP contribution >= 0.6 is 11.3 Å². The molecule has 0 amide bonds. The molecule has 0 radical (unpaired) electrons. The molecule has 3 aromatic carbocycles.